The van der Waals surface area contributed by atoms with Crippen LogP contribution < -0.4 is 14.2 Å². The Bertz CT molecular complexity index is 1160. The van der Waals surface area contributed by atoms with E-state index >= 15 is 0 Å². The monoisotopic (exact) mass is 449 g/mol. The van der Waals surface area contributed by atoms with Crippen molar-refractivity contribution in [3.8, 4) is 28.5 Å². The normalized spacial score (nSPS) is 15.7. The average Bonchev–Trinajstić information content (AvgIpc) is 3.37. The van der Waals surface area contributed by atoms with Gasteiger partial charge in [0, 0.05) is 30.1 Å². The van der Waals surface area contributed by atoms with E-state index in [9.17, 15) is 9.59 Å². The number of carbonyl (C=O) groups is 2. The minimum atomic E-state index is -0.280. The molecule has 0 saturated carbocycles. The van der Waals surface area contributed by atoms with Gasteiger partial charge in [0.2, 0.25) is 0 Å². The maximum absolute atomic E-state index is 13.2. The Balaban J connectivity index is 1.49. The minimum absolute atomic E-state index is 0.00669. The standard InChI is InChI=1S/C25H27N3O5/c1-31-21-9-5-4-8-18(21)19-14-20(27-26-19)25(30)28-12-6-7-17(15-28)24(29)16-10-11-22(32-2)23(13-16)33-3/h4-5,8-11,13-14,17H,6-7,12,15H2,1-3H3,(H,26,27). The highest BCUT2D eigenvalue weighted by Crippen LogP contribution is 2.31. The molecule has 1 aliphatic rings. The fourth-order valence-electron chi connectivity index (χ4n) is 4.20. The number of ketones is 1. The van der Waals surface area contributed by atoms with Crippen LogP contribution in [0.4, 0.5) is 0 Å². The molecule has 1 atom stereocenters. The topological polar surface area (TPSA) is 93.8 Å². The molecule has 1 fully saturated rings. The van der Waals surface area contributed by atoms with E-state index < -0.39 is 0 Å². The Labute approximate surface area is 192 Å². The molecule has 33 heavy (non-hydrogen) atoms. The van der Waals surface area contributed by atoms with Crippen molar-refractivity contribution in [1.29, 1.82) is 0 Å². The molecule has 1 aliphatic heterocycles. The van der Waals surface area contributed by atoms with Crippen molar-refractivity contribution in [3.63, 3.8) is 0 Å². The van der Waals surface area contributed by atoms with E-state index in [-0.39, 0.29) is 17.6 Å². The van der Waals surface area contributed by atoms with E-state index in [0.29, 0.717) is 47.3 Å². The molecule has 1 N–H and O–H groups in total. The number of amides is 1. The zero-order valence-electron chi connectivity index (χ0n) is 19.0. The Morgan fingerprint density at radius 2 is 1.73 bits per heavy atom. The Hall–Kier alpha value is -3.81. The highest BCUT2D eigenvalue weighted by atomic mass is 16.5. The first-order valence-corrected chi connectivity index (χ1v) is 10.8. The third-order valence-electron chi connectivity index (χ3n) is 5.94. The molecule has 0 spiro atoms. The van der Waals surface area contributed by atoms with Gasteiger partial charge in [-0.2, -0.15) is 5.10 Å². The molecule has 0 radical (unpaired) electrons. The largest absolute Gasteiger partial charge is 0.496 e. The van der Waals surface area contributed by atoms with Crippen LogP contribution in [-0.2, 0) is 0 Å². The lowest BCUT2D eigenvalue weighted by Gasteiger charge is -2.31. The van der Waals surface area contributed by atoms with Crippen molar-refractivity contribution < 1.29 is 23.8 Å². The maximum Gasteiger partial charge on any atom is 0.271 e. The number of piperidine rings is 1. The van der Waals surface area contributed by atoms with Crippen LogP contribution in [0, 0.1) is 5.92 Å². The minimum Gasteiger partial charge on any atom is -0.496 e. The third kappa shape index (κ3) is 4.55. The van der Waals surface area contributed by atoms with E-state index in [0.717, 1.165) is 18.4 Å². The molecule has 2 heterocycles. The van der Waals surface area contributed by atoms with Crippen LogP contribution in [0.3, 0.4) is 0 Å². The van der Waals surface area contributed by atoms with E-state index in [1.54, 1.807) is 43.4 Å². The summed E-state index contributed by atoms with van der Waals surface area (Å²) in [6.45, 7) is 0.951. The second kappa shape index (κ2) is 9.77. The number of hydrogen-bond donors (Lipinski definition) is 1. The number of aromatic nitrogens is 2. The summed E-state index contributed by atoms with van der Waals surface area (Å²) in [5.41, 5.74) is 2.36. The molecule has 172 valence electrons. The predicted molar refractivity (Wildman–Crippen MR) is 123 cm³/mol. The molecule has 1 unspecified atom stereocenters. The number of nitrogens with zero attached hydrogens (tertiary/aromatic N) is 2. The van der Waals surface area contributed by atoms with Crippen LogP contribution in [0.2, 0.25) is 0 Å². The smallest absolute Gasteiger partial charge is 0.271 e. The second-order valence-electron chi connectivity index (χ2n) is 7.89. The lowest BCUT2D eigenvalue weighted by Crippen LogP contribution is -2.42. The number of ether oxygens (including phenoxy) is 3. The number of benzene rings is 2. The summed E-state index contributed by atoms with van der Waals surface area (Å²) in [5.74, 6) is 1.30. The molecule has 2 aromatic carbocycles. The predicted octanol–water partition coefficient (Wildman–Crippen LogP) is 3.84. The lowest BCUT2D eigenvalue weighted by atomic mass is 9.89. The summed E-state index contributed by atoms with van der Waals surface area (Å²) >= 11 is 0. The number of aromatic amines is 1. The highest BCUT2D eigenvalue weighted by molar-refractivity contribution is 5.99. The Kier molecular flexibility index (Phi) is 6.63. The summed E-state index contributed by atoms with van der Waals surface area (Å²) < 4.78 is 16.0. The van der Waals surface area contributed by atoms with E-state index in [1.165, 1.54) is 7.11 Å². The van der Waals surface area contributed by atoms with Crippen molar-refractivity contribution >= 4 is 11.7 Å². The number of hydrogen-bond acceptors (Lipinski definition) is 6. The number of H-pyrrole nitrogens is 1. The first-order valence-electron chi connectivity index (χ1n) is 10.8. The molecule has 0 aliphatic carbocycles. The number of likely N-dealkylation sites (tertiary alicyclic amines) is 1. The van der Waals surface area contributed by atoms with E-state index in [2.05, 4.69) is 10.2 Å². The maximum atomic E-state index is 13.2. The third-order valence-corrected chi connectivity index (χ3v) is 5.94. The number of para-hydroxylation sites is 1. The van der Waals surface area contributed by atoms with Gasteiger partial charge in [0.1, 0.15) is 11.4 Å². The lowest BCUT2D eigenvalue weighted by molar-refractivity contribution is 0.0632. The fraction of sp³-hybridized carbons (Fsp3) is 0.320. The molecular formula is C25H27N3O5. The van der Waals surface area contributed by atoms with E-state index in [1.807, 2.05) is 24.3 Å². The van der Waals surface area contributed by atoms with Crippen molar-refractivity contribution in [2.45, 2.75) is 12.8 Å². The van der Waals surface area contributed by atoms with Gasteiger partial charge < -0.3 is 19.1 Å². The fourth-order valence-corrected chi connectivity index (χ4v) is 4.20. The van der Waals surface area contributed by atoms with Gasteiger partial charge in [0.15, 0.2) is 17.3 Å². The summed E-state index contributed by atoms with van der Waals surface area (Å²) in [6, 6.07) is 14.4. The van der Waals surface area contributed by atoms with Crippen molar-refractivity contribution in [3.05, 3.63) is 59.8 Å². The molecule has 8 heteroatoms. The molecule has 3 aromatic rings. The molecule has 0 bridgehead atoms. The summed E-state index contributed by atoms with van der Waals surface area (Å²) in [4.78, 5) is 28.0. The number of methoxy groups -OCH3 is 3. The van der Waals surface area contributed by atoms with Gasteiger partial charge in [0.05, 0.1) is 27.0 Å². The Morgan fingerprint density at radius 3 is 2.48 bits per heavy atom. The number of Topliss-reactive ketones (excluding diaryl/α,β-unsaturated/α-hetero) is 1. The molecule has 1 amide bonds. The summed E-state index contributed by atoms with van der Waals surface area (Å²) in [5, 5.41) is 7.15. The van der Waals surface area contributed by atoms with Crippen LogP contribution in [0.15, 0.2) is 48.5 Å². The van der Waals surface area contributed by atoms with Crippen LogP contribution in [0.5, 0.6) is 17.2 Å². The molecular weight excluding hydrogens is 422 g/mol. The SMILES string of the molecule is COc1ccc(C(=O)C2CCCN(C(=O)c3cc(-c4ccccc4OC)n[nH]3)C2)cc1OC. The van der Waals surface area contributed by atoms with Crippen LogP contribution >= 0.6 is 0 Å². The van der Waals surface area contributed by atoms with E-state index in [4.69, 9.17) is 14.2 Å². The number of nitrogens with one attached hydrogen (secondary N) is 1. The van der Waals surface area contributed by atoms with Gasteiger partial charge in [-0.25, -0.2) is 0 Å². The van der Waals surface area contributed by atoms with Crippen molar-refractivity contribution in [2.24, 2.45) is 5.92 Å². The summed E-state index contributed by atoms with van der Waals surface area (Å²) in [7, 11) is 4.69. The van der Waals surface area contributed by atoms with Gasteiger partial charge in [-0.15, -0.1) is 0 Å². The zero-order chi connectivity index (χ0) is 23.4. The van der Waals surface area contributed by atoms with Gasteiger partial charge in [-0.1, -0.05) is 12.1 Å². The van der Waals surface area contributed by atoms with Gasteiger partial charge >= 0.3 is 0 Å². The number of rotatable bonds is 7. The van der Waals surface area contributed by atoms with Crippen LogP contribution in [0.25, 0.3) is 11.3 Å². The quantitative estimate of drug-likeness (QED) is 0.551. The second-order valence-corrected chi connectivity index (χ2v) is 7.89. The zero-order valence-corrected chi connectivity index (χ0v) is 19.0. The van der Waals surface area contributed by atoms with Gasteiger partial charge in [-0.3, -0.25) is 14.7 Å². The average molecular weight is 450 g/mol. The first-order chi connectivity index (χ1) is 16.0. The van der Waals surface area contributed by atoms with Gasteiger partial charge in [-0.05, 0) is 49.2 Å². The van der Waals surface area contributed by atoms with Crippen LogP contribution in [0.1, 0.15) is 33.7 Å². The first kappa shape index (κ1) is 22.4. The van der Waals surface area contributed by atoms with Crippen LogP contribution in [-0.4, -0.2) is 61.2 Å². The molecule has 1 aromatic heterocycles. The molecule has 1 saturated heterocycles. The number of carbonyl (C=O) groups excluding carboxylic acids is 2. The Morgan fingerprint density at radius 1 is 0.970 bits per heavy atom. The van der Waals surface area contributed by atoms with Crippen molar-refractivity contribution in [1.82, 2.24) is 15.1 Å². The summed E-state index contributed by atoms with van der Waals surface area (Å²) in [6.07, 6.45) is 1.48. The highest BCUT2D eigenvalue weighted by Gasteiger charge is 2.30. The van der Waals surface area contributed by atoms with Crippen molar-refractivity contribution in [2.75, 3.05) is 34.4 Å². The molecule has 4 rings (SSSR count). The molecule has 8 nitrogen and oxygen atoms in total. The van der Waals surface area contributed by atoms with Gasteiger partial charge in [0.25, 0.3) is 5.91 Å².